The molecule has 1 aromatic heterocycles. The second-order valence-corrected chi connectivity index (χ2v) is 5.93. The summed E-state index contributed by atoms with van der Waals surface area (Å²) in [6.07, 6.45) is 6.06. The number of nitrogens with one attached hydrogen (secondary N) is 1. The second-order valence-electron chi connectivity index (χ2n) is 5.93. The molecule has 1 aliphatic heterocycles. The van der Waals surface area contributed by atoms with Gasteiger partial charge in [-0.3, -0.25) is 4.90 Å². The standard InChI is InChI=1S/C16H26N4/c1-3-19(4-2)16-8-5-13(11-17-16)18-14-9-10-20(12-14)15-6-7-15/h5,8,11,14-15,18H,3-4,6-7,9-10,12H2,1-2H3. The summed E-state index contributed by atoms with van der Waals surface area (Å²) in [5.41, 5.74) is 1.16. The van der Waals surface area contributed by atoms with E-state index in [0.717, 1.165) is 30.6 Å². The zero-order valence-corrected chi connectivity index (χ0v) is 12.7. The summed E-state index contributed by atoms with van der Waals surface area (Å²) in [5, 5.41) is 3.63. The van der Waals surface area contributed by atoms with Crippen LogP contribution in [-0.4, -0.2) is 48.1 Å². The van der Waals surface area contributed by atoms with E-state index in [2.05, 4.69) is 46.1 Å². The van der Waals surface area contributed by atoms with E-state index in [4.69, 9.17) is 0 Å². The Morgan fingerprint density at radius 2 is 2.05 bits per heavy atom. The summed E-state index contributed by atoms with van der Waals surface area (Å²) in [7, 11) is 0. The van der Waals surface area contributed by atoms with Crippen LogP contribution in [0.2, 0.25) is 0 Å². The molecule has 4 heteroatoms. The number of hydrogen-bond acceptors (Lipinski definition) is 4. The molecule has 1 aromatic rings. The lowest BCUT2D eigenvalue weighted by Gasteiger charge is -2.20. The van der Waals surface area contributed by atoms with E-state index < -0.39 is 0 Å². The molecule has 0 aromatic carbocycles. The number of rotatable bonds is 6. The topological polar surface area (TPSA) is 31.4 Å². The van der Waals surface area contributed by atoms with Crippen molar-refractivity contribution >= 4 is 11.5 Å². The van der Waals surface area contributed by atoms with Crippen LogP contribution in [0.15, 0.2) is 18.3 Å². The largest absolute Gasteiger partial charge is 0.380 e. The quantitative estimate of drug-likeness (QED) is 0.864. The van der Waals surface area contributed by atoms with Crippen molar-refractivity contribution in [2.24, 2.45) is 0 Å². The van der Waals surface area contributed by atoms with E-state index in [1.807, 2.05) is 6.20 Å². The predicted molar refractivity (Wildman–Crippen MR) is 84.4 cm³/mol. The second kappa shape index (κ2) is 6.00. The first-order chi connectivity index (χ1) is 9.80. The highest BCUT2D eigenvalue weighted by Crippen LogP contribution is 2.30. The Kier molecular flexibility index (Phi) is 4.10. The molecule has 0 bridgehead atoms. The van der Waals surface area contributed by atoms with E-state index in [-0.39, 0.29) is 0 Å². The predicted octanol–water partition coefficient (Wildman–Crippen LogP) is 2.58. The number of nitrogens with zero attached hydrogens (tertiary/aromatic N) is 3. The third-order valence-corrected chi connectivity index (χ3v) is 4.49. The minimum Gasteiger partial charge on any atom is -0.380 e. The van der Waals surface area contributed by atoms with Gasteiger partial charge >= 0.3 is 0 Å². The molecule has 0 spiro atoms. The molecule has 0 radical (unpaired) electrons. The molecule has 110 valence electrons. The molecule has 2 heterocycles. The highest BCUT2D eigenvalue weighted by Gasteiger charge is 2.34. The van der Waals surface area contributed by atoms with E-state index in [9.17, 15) is 0 Å². The molecule has 2 fully saturated rings. The minimum atomic E-state index is 0.594. The maximum absolute atomic E-state index is 4.58. The van der Waals surface area contributed by atoms with Gasteiger partial charge in [-0.2, -0.15) is 0 Å². The molecule has 1 saturated carbocycles. The molecule has 2 aliphatic rings. The number of anilines is 2. The Balaban J connectivity index is 1.55. The molecule has 3 rings (SSSR count). The van der Waals surface area contributed by atoms with Crippen LogP contribution in [0.1, 0.15) is 33.1 Å². The average molecular weight is 274 g/mol. The van der Waals surface area contributed by atoms with E-state index in [0.29, 0.717) is 6.04 Å². The van der Waals surface area contributed by atoms with Crippen molar-refractivity contribution in [3.05, 3.63) is 18.3 Å². The monoisotopic (exact) mass is 274 g/mol. The van der Waals surface area contributed by atoms with Crippen LogP contribution in [0.3, 0.4) is 0 Å². The van der Waals surface area contributed by atoms with Crippen LogP contribution >= 0.6 is 0 Å². The molecular weight excluding hydrogens is 248 g/mol. The first-order valence-electron chi connectivity index (χ1n) is 8.01. The zero-order valence-electron chi connectivity index (χ0n) is 12.7. The van der Waals surface area contributed by atoms with Gasteiger partial charge in [-0.15, -0.1) is 0 Å². The van der Waals surface area contributed by atoms with Gasteiger partial charge in [0, 0.05) is 38.3 Å². The van der Waals surface area contributed by atoms with Gasteiger partial charge in [-0.25, -0.2) is 4.98 Å². The van der Waals surface area contributed by atoms with Crippen molar-refractivity contribution in [2.75, 3.05) is 36.4 Å². The highest BCUT2D eigenvalue weighted by atomic mass is 15.2. The fourth-order valence-electron chi connectivity index (χ4n) is 3.12. The average Bonchev–Trinajstić information content (AvgIpc) is 3.23. The van der Waals surface area contributed by atoms with Crippen LogP contribution in [0, 0.1) is 0 Å². The van der Waals surface area contributed by atoms with E-state index in [1.165, 1.54) is 32.4 Å². The third-order valence-electron chi connectivity index (χ3n) is 4.49. The molecule has 1 N–H and O–H groups in total. The van der Waals surface area contributed by atoms with Gasteiger partial charge < -0.3 is 10.2 Å². The van der Waals surface area contributed by atoms with Crippen molar-refractivity contribution < 1.29 is 0 Å². The number of hydrogen-bond donors (Lipinski definition) is 1. The molecular formula is C16H26N4. The number of likely N-dealkylation sites (tertiary alicyclic amines) is 1. The van der Waals surface area contributed by atoms with Crippen LogP contribution in [0.4, 0.5) is 11.5 Å². The van der Waals surface area contributed by atoms with E-state index >= 15 is 0 Å². The Hall–Kier alpha value is -1.29. The summed E-state index contributed by atoms with van der Waals surface area (Å²) in [6.45, 7) is 8.81. The lowest BCUT2D eigenvalue weighted by molar-refractivity contribution is 0.326. The zero-order chi connectivity index (χ0) is 13.9. The number of aromatic nitrogens is 1. The Morgan fingerprint density at radius 3 is 2.65 bits per heavy atom. The molecule has 1 saturated heterocycles. The first kappa shape index (κ1) is 13.7. The molecule has 1 unspecified atom stereocenters. The van der Waals surface area contributed by atoms with Gasteiger partial charge in [0.05, 0.1) is 11.9 Å². The SMILES string of the molecule is CCN(CC)c1ccc(NC2CCN(C3CC3)C2)cn1. The lowest BCUT2D eigenvalue weighted by Crippen LogP contribution is -2.27. The maximum Gasteiger partial charge on any atom is 0.128 e. The summed E-state index contributed by atoms with van der Waals surface area (Å²) in [6, 6.07) is 5.78. The van der Waals surface area contributed by atoms with Gasteiger partial charge in [-0.05, 0) is 45.2 Å². The van der Waals surface area contributed by atoms with Gasteiger partial charge in [0.15, 0.2) is 0 Å². The van der Waals surface area contributed by atoms with Crippen LogP contribution in [0.5, 0.6) is 0 Å². The fourth-order valence-corrected chi connectivity index (χ4v) is 3.12. The van der Waals surface area contributed by atoms with Gasteiger partial charge in [0.2, 0.25) is 0 Å². The normalized spacial score (nSPS) is 23.0. The van der Waals surface area contributed by atoms with Crippen molar-refractivity contribution in [3.63, 3.8) is 0 Å². The van der Waals surface area contributed by atoms with Gasteiger partial charge in [0.25, 0.3) is 0 Å². The summed E-state index contributed by atoms with van der Waals surface area (Å²) in [5.74, 6) is 1.08. The molecule has 0 amide bonds. The van der Waals surface area contributed by atoms with Crippen molar-refractivity contribution in [3.8, 4) is 0 Å². The van der Waals surface area contributed by atoms with Crippen molar-refractivity contribution in [2.45, 2.75) is 45.2 Å². The maximum atomic E-state index is 4.58. The van der Waals surface area contributed by atoms with Crippen LogP contribution in [0.25, 0.3) is 0 Å². The lowest BCUT2D eigenvalue weighted by atomic mass is 10.2. The molecule has 1 aliphatic carbocycles. The third kappa shape index (κ3) is 3.06. The van der Waals surface area contributed by atoms with Crippen LogP contribution in [-0.2, 0) is 0 Å². The molecule has 1 atom stereocenters. The summed E-state index contributed by atoms with van der Waals surface area (Å²) in [4.78, 5) is 9.49. The first-order valence-corrected chi connectivity index (χ1v) is 8.01. The molecule has 20 heavy (non-hydrogen) atoms. The van der Waals surface area contributed by atoms with Crippen molar-refractivity contribution in [1.29, 1.82) is 0 Å². The fraction of sp³-hybridized carbons (Fsp3) is 0.688. The minimum absolute atomic E-state index is 0.594. The Morgan fingerprint density at radius 1 is 1.25 bits per heavy atom. The number of pyridine rings is 1. The summed E-state index contributed by atoms with van der Waals surface area (Å²) < 4.78 is 0. The smallest absolute Gasteiger partial charge is 0.128 e. The summed E-state index contributed by atoms with van der Waals surface area (Å²) >= 11 is 0. The van der Waals surface area contributed by atoms with Crippen LogP contribution < -0.4 is 10.2 Å². The van der Waals surface area contributed by atoms with Gasteiger partial charge in [-0.1, -0.05) is 0 Å². The van der Waals surface area contributed by atoms with Gasteiger partial charge in [0.1, 0.15) is 5.82 Å². The Bertz CT molecular complexity index is 423. The molecule has 4 nitrogen and oxygen atoms in total. The van der Waals surface area contributed by atoms with E-state index in [1.54, 1.807) is 0 Å². The Labute approximate surface area is 122 Å². The highest BCUT2D eigenvalue weighted by molar-refractivity contribution is 5.49. The van der Waals surface area contributed by atoms with Crippen molar-refractivity contribution in [1.82, 2.24) is 9.88 Å².